The van der Waals surface area contributed by atoms with Crippen LogP contribution < -0.4 is 10.5 Å². The lowest BCUT2D eigenvalue weighted by Gasteiger charge is -2.24. The Labute approximate surface area is 150 Å². The summed E-state index contributed by atoms with van der Waals surface area (Å²) in [5.41, 5.74) is 2.54. The number of para-hydroxylation sites is 1. The van der Waals surface area contributed by atoms with Gasteiger partial charge in [-0.25, -0.2) is 9.78 Å². The van der Waals surface area contributed by atoms with Gasteiger partial charge in [0.15, 0.2) is 5.82 Å². The van der Waals surface area contributed by atoms with Crippen LogP contribution in [0.25, 0.3) is 0 Å². The molecule has 1 N–H and O–H groups in total. The highest BCUT2D eigenvalue weighted by atomic mass is 16.4. The zero-order valence-corrected chi connectivity index (χ0v) is 13.9. The predicted molar refractivity (Wildman–Crippen MR) is 97.7 cm³/mol. The van der Waals surface area contributed by atoms with Crippen molar-refractivity contribution in [2.24, 2.45) is 0 Å². The van der Waals surface area contributed by atoms with Gasteiger partial charge in [-0.05, 0) is 17.2 Å². The molecule has 0 bridgehead atoms. The number of hydrogen-bond donors (Lipinski definition) is 1. The van der Waals surface area contributed by atoms with E-state index < -0.39 is 12.0 Å². The molecule has 0 amide bonds. The van der Waals surface area contributed by atoms with Crippen LogP contribution in [0.1, 0.15) is 11.1 Å². The van der Waals surface area contributed by atoms with Crippen LogP contribution >= 0.6 is 0 Å². The van der Waals surface area contributed by atoms with E-state index in [-0.39, 0.29) is 5.56 Å². The first-order valence-electron chi connectivity index (χ1n) is 8.34. The maximum absolute atomic E-state index is 12.2. The van der Waals surface area contributed by atoms with E-state index >= 15 is 0 Å². The average Bonchev–Trinajstić information content (AvgIpc) is 3.04. The molecule has 4 rings (SSSR count). The molecule has 1 atom stereocenters. The average molecular weight is 347 g/mol. The molecule has 26 heavy (non-hydrogen) atoms. The van der Waals surface area contributed by atoms with Gasteiger partial charge in [0.05, 0.1) is 18.9 Å². The number of anilines is 2. The van der Waals surface area contributed by atoms with Crippen molar-refractivity contribution in [2.45, 2.75) is 19.0 Å². The third-order valence-corrected chi connectivity index (χ3v) is 4.57. The van der Waals surface area contributed by atoms with Gasteiger partial charge in [0, 0.05) is 12.1 Å². The van der Waals surface area contributed by atoms with Crippen molar-refractivity contribution in [3.8, 4) is 0 Å². The van der Waals surface area contributed by atoms with Crippen LogP contribution in [0.3, 0.4) is 0 Å². The molecule has 1 aliphatic heterocycles. The second-order valence-corrected chi connectivity index (χ2v) is 6.25. The number of nitrogens with zero attached hydrogens (tertiary/aromatic N) is 3. The molecule has 0 spiro atoms. The van der Waals surface area contributed by atoms with Crippen LogP contribution in [0.4, 0.5) is 11.5 Å². The fraction of sp³-hybridized carbons (Fsp3) is 0.150. The summed E-state index contributed by atoms with van der Waals surface area (Å²) in [5.74, 6) is -0.457. The molecule has 0 aliphatic carbocycles. The SMILES string of the molecule is O=C(O)C1Cc2ccccc2N1c1cn(Cc2ccccc2)c(=O)cn1. The van der Waals surface area contributed by atoms with Crippen molar-refractivity contribution < 1.29 is 9.90 Å². The largest absolute Gasteiger partial charge is 0.480 e. The minimum Gasteiger partial charge on any atom is -0.480 e. The zero-order valence-electron chi connectivity index (χ0n) is 13.9. The van der Waals surface area contributed by atoms with Gasteiger partial charge >= 0.3 is 5.97 Å². The van der Waals surface area contributed by atoms with Crippen LogP contribution in [-0.4, -0.2) is 26.7 Å². The molecule has 0 saturated heterocycles. The quantitative estimate of drug-likeness (QED) is 0.784. The van der Waals surface area contributed by atoms with Gasteiger partial charge in [0.1, 0.15) is 6.04 Å². The van der Waals surface area contributed by atoms with Crippen molar-refractivity contribution in [3.63, 3.8) is 0 Å². The van der Waals surface area contributed by atoms with Gasteiger partial charge in [0.25, 0.3) is 5.56 Å². The molecule has 0 saturated carbocycles. The Balaban J connectivity index is 1.76. The lowest BCUT2D eigenvalue weighted by Crippen LogP contribution is -2.36. The molecule has 0 radical (unpaired) electrons. The van der Waals surface area contributed by atoms with Crippen LogP contribution in [0, 0.1) is 0 Å². The third kappa shape index (κ3) is 2.86. The number of aromatic nitrogens is 2. The van der Waals surface area contributed by atoms with Gasteiger partial charge < -0.3 is 14.6 Å². The standard InChI is InChI=1S/C20H17N3O3/c24-19-11-21-18(13-22(19)12-14-6-2-1-3-7-14)23-16-9-5-4-8-15(16)10-17(23)20(25)26/h1-9,11,13,17H,10,12H2,(H,25,26). The van der Waals surface area contributed by atoms with Crippen molar-refractivity contribution in [2.75, 3.05) is 4.90 Å². The maximum Gasteiger partial charge on any atom is 0.327 e. The van der Waals surface area contributed by atoms with E-state index in [1.165, 1.54) is 6.20 Å². The van der Waals surface area contributed by atoms with Gasteiger partial charge in [0.2, 0.25) is 0 Å². The Hall–Kier alpha value is -3.41. The van der Waals surface area contributed by atoms with Crippen LogP contribution in [0.2, 0.25) is 0 Å². The molecule has 1 aliphatic rings. The van der Waals surface area contributed by atoms with E-state index in [9.17, 15) is 14.7 Å². The maximum atomic E-state index is 12.2. The van der Waals surface area contributed by atoms with Gasteiger partial charge in [-0.3, -0.25) is 4.79 Å². The van der Waals surface area contributed by atoms with E-state index in [1.807, 2.05) is 54.6 Å². The number of benzene rings is 2. The Bertz CT molecular complexity index is 1010. The smallest absolute Gasteiger partial charge is 0.327 e. The van der Waals surface area contributed by atoms with Gasteiger partial charge in [-0.1, -0.05) is 48.5 Å². The van der Waals surface area contributed by atoms with E-state index in [1.54, 1.807) is 15.7 Å². The van der Waals surface area contributed by atoms with E-state index in [4.69, 9.17) is 0 Å². The number of hydrogen-bond acceptors (Lipinski definition) is 4. The molecule has 0 fully saturated rings. The first-order valence-corrected chi connectivity index (χ1v) is 8.34. The first-order chi connectivity index (χ1) is 12.6. The highest BCUT2D eigenvalue weighted by Gasteiger charge is 2.36. The minimum atomic E-state index is -0.913. The molecular weight excluding hydrogens is 330 g/mol. The molecule has 6 nitrogen and oxygen atoms in total. The molecule has 3 aromatic rings. The van der Waals surface area contributed by atoms with Gasteiger partial charge in [-0.2, -0.15) is 0 Å². The Morgan fingerprint density at radius 2 is 1.85 bits per heavy atom. The van der Waals surface area contributed by atoms with Crippen molar-refractivity contribution in [3.05, 3.63) is 88.5 Å². The summed E-state index contributed by atoms with van der Waals surface area (Å²) in [6, 6.07) is 16.5. The third-order valence-electron chi connectivity index (χ3n) is 4.57. The number of fused-ring (bicyclic) bond motifs is 1. The highest BCUT2D eigenvalue weighted by Crippen LogP contribution is 2.37. The Morgan fingerprint density at radius 3 is 2.62 bits per heavy atom. The number of carboxylic acids is 1. The number of carbonyl (C=O) groups is 1. The second kappa shape index (κ2) is 6.48. The number of aliphatic carboxylic acids is 1. The van der Waals surface area contributed by atoms with Crippen molar-refractivity contribution in [1.29, 1.82) is 0 Å². The lowest BCUT2D eigenvalue weighted by molar-refractivity contribution is -0.138. The second-order valence-electron chi connectivity index (χ2n) is 6.25. The van der Waals surface area contributed by atoms with Crippen molar-refractivity contribution >= 4 is 17.5 Å². The first kappa shape index (κ1) is 16.1. The van der Waals surface area contributed by atoms with Crippen LogP contribution in [0.5, 0.6) is 0 Å². The molecule has 1 aromatic heterocycles. The monoisotopic (exact) mass is 347 g/mol. The fourth-order valence-electron chi connectivity index (χ4n) is 3.33. The Morgan fingerprint density at radius 1 is 1.12 bits per heavy atom. The molecule has 6 heteroatoms. The normalized spacial score (nSPS) is 15.7. The summed E-state index contributed by atoms with van der Waals surface area (Å²) in [6.45, 7) is 0.405. The fourth-order valence-corrected chi connectivity index (χ4v) is 3.33. The summed E-state index contributed by atoms with van der Waals surface area (Å²) in [7, 11) is 0. The van der Waals surface area contributed by atoms with E-state index in [2.05, 4.69) is 4.98 Å². The molecule has 2 heterocycles. The van der Waals surface area contributed by atoms with Crippen LogP contribution in [0.15, 0.2) is 71.8 Å². The lowest BCUT2D eigenvalue weighted by atomic mass is 10.1. The molecular formula is C20H17N3O3. The summed E-state index contributed by atoms with van der Waals surface area (Å²) in [5, 5.41) is 9.64. The van der Waals surface area contributed by atoms with E-state index in [0.29, 0.717) is 18.8 Å². The highest BCUT2D eigenvalue weighted by molar-refractivity contribution is 5.86. The zero-order chi connectivity index (χ0) is 18.1. The molecule has 130 valence electrons. The minimum absolute atomic E-state index is 0.225. The number of carboxylic acid groups (broad SMARTS) is 1. The summed E-state index contributed by atoms with van der Waals surface area (Å²) in [4.78, 5) is 29.9. The summed E-state index contributed by atoms with van der Waals surface area (Å²) >= 11 is 0. The Kier molecular flexibility index (Phi) is 4.01. The van der Waals surface area contributed by atoms with E-state index in [0.717, 1.165) is 16.8 Å². The number of rotatable bonds is 4. The molecule has 1 unspecified atom stereocenters. The summed E-state index contributed by atoms with van der Waals surface area (Å²) < 4.78 is 1.55. The van der Waals surface area contributed by atoms with Gasteiger partial charge in [-0.15, -0.1) is 0 Å². The predicted octanol–water partition coefficient (Wildman–Crippen LogP) is 2.44. The summed E-state index contributed by atoms with van der Waals surface area (Å²) in [6.07, 6.45) is 3.29. The van der Waals surface area contributed by atoms with Crippen LogP contribution in [-0.2, 0) is 17.8 Å². The molecule has 2 aromatic carbocycles. The van der Waals surface area contributed by atoms with Crippen molar-refractivity contribution in [1.82, 2.24) is 9.55 Å². The topological polar surface area (TPSA) is 75.4 Å².